The molecule has 6 nitrogen and oxygen atoms in total. The summed E-state index contributed by atoms with van der Waals surface area (Å²) < 4.78 is 0. The van der Waals surface area contributed by atoms with Crippen molar-refractivity contribution in [1.29, 1.82) is 0 Å². The normalized spacial score (nSPS) is 19.1. The van der Waals surface area contributed by atoms with Gasteiger partial charge in [0.15, 0.2) is 0 Å². The minimum Gasteiger partial charge on any atom is -0.364 e. The van der Waals surface area contributed by atoms with Gasteiger partial charge in [0.05, 0.1) is 0 Å². The molecular weight excluding hydrogens is 268 g/mol. The van der Waals surface area contributed by atoms with Crippen LogP contribution in [0.3, 0.4) is 0 Å². The summed E-state index contributed by atoms with van der Waals surface area (Å²) in [4.78, 5) is 32.9. The fourth-order valence-electron chi connectivity index (χ4n) is 2.78. The van der Waals surface area contributed by atoms with Crippen LogP contribution in [-0.4, -0.2) is 39.8 Å². The van der Waals surface area contributed by atoms with Crippen LogP contribution in [0.2, 0.25) is 0 Å². The van der Waals surface area contributed by atoms with Crippen LogP contribution in [0.15, 0.2) is 12.4 Å². The van der Waals surface area contributed by atoms with Crippen molar-refractivity contribution < 1.29 is 9.59 Å². The van der Waals surface area contributed by atoms with E-state index in [1.807, 2.05) is 11.8 Å². The number of aromatic nitrogens is 2. The first-order valence-electron chi connectivity index (χ1n) is 7.48. The molecule has 2 N–H and O–H groups in total. The molecular formula is C15H22N4O2. The fraction of sp³-hybridized carbons (Fsp3) is 0.600. The Bertz CT molecular complexity index is 518. The molecule has 114 valence electrons. The number of hydrogen-bond acceptors (Lipinski definition) is 4. The van der Waals surface area contributed by atoms with Crippen LogP contribution in [0.25, 0.3) is 0 Å². The van der Waals surface area contributed by atoms with Crippen molar-refractivity contribution in [2.75, 3.05) is 13.1 Å². The zero-order valence-electron chi connectivity index (χ0n) is 12.4. The molecule has 1 saturated heterocycles. The Morgan fingerprint density at radius 2 is 2.14 bits per heavy atom. The van der Waals surface area contributed by atoms with Crippen LogP contribution in [-0.2, 0) is 11.2 Å². The first kappa shape index (κ1) is 15.4. The maximum atomic E-state index is 11.8. The average molecular weight is 290 g/mol. The average Bonchev–Trinajstić information content (AvgIpc) is 2.72. The van der Waals surface area contributed by atoms with Crippen LogP contribution < -0.4 is 5.73 Å². The lowest BCUT2D eigenvalue weighted by Gasteiger charge is -2.19. The van der Waals surface area contributed by atoms with Crippen LogP contribution in [0.4, 0.5) is 0 Å². The maximum absolute atomic E-state index is 11.8. The Hall–Kier alpha value is -1.98. The number of amides is 2. The van der Waals surface area contributed by atoms with Gasteiger partial charge in [-0.3, -0.25) is 9.59 Å². The highest BCUT2D eigenvalue weighted by atomic mass is 16.2. The van der Waals surface area contributed by atoms with Gasteiger partial charge in [-0.05, 0) is 37.7 Å². The lowest BCUT2D eigenvalue weighted by atomic mass is 9.95. The van der Waals surface area contributed by atoms with Crippen molar-refractivity contribution in [1.82, 2.24) is 14.9 Å². The third-order valence-corrected chi connectivity index (χ3v) is 3.98. The van der Waals surface area contributed by atoms with Crippen LogP contribution in [0.1, 0.15) is 48.8 Å². The van der Waals surface area contributed by atoms with E-state index in [9.17, 15) is 9.59 Å². The predicted molar refractivity (Wildman–Crippen MR) is 78.5 cm³/mol. The van der Waals surface area contributed by atoms with Gasteiger partial charge >= 0.3 is 0 Å². The van der Waals surface area contributed by atoms with E-state index in [0.29, 0.717) is 12.3 Å². The van der Waals surface area contributed by atoms with Gasteiger partial charge in [-0.15, -0.1) is 0 Å². The Balaban J connectivity index is 1.96. The monoisotopic (exact) mass is 290 g/mol. The van der Waals surface area contributed by atoms with Gasteiger partial charge in [-0.25, -0.2) is 9.97 Å². The Labute approximate surface area is 124 Å². The van der Waals surface area contributed by atoms with Crippen LogP contribution >= 0.6 is 0 Å². The summed E-state index contributed by atoms with van der Waals surface area (Å²) in [5.41, 5.74) is 6.34. The SMILES string of the molecule is CCC(=O)N1CCC[C@@H](Cc2cc(C(N)=O)ncn2)CC1. The molecule has 0 saturated carbocycles. The van der Waals surface area contributed by atoms with Gasteiger partial charge in [0.1, 0.15) is 12.0 Å². The Kier molecular flexibility index (Phi) is 5.25. The highest BCUT2D eigenvalue weighted by Gasteiger charge is 2.20. The number of nitrogens with two attached hydrogens (primary N) is 1. The van der Waals surface area contributed by atoms with Gasteiger partial charge in [-0.1, -0.05) is 6.92 Å². The van der Waals surface area contributed by atoms with E-state index < -0.39 is 5.91 Å². The summed E-state index contributed by atoms with van der Waals surface area (Å²) in [5.74, 6) is 0.184. The zero-order valence-corrected chi connectivity index (χ0v) is 12.4. The molecule has 6 heteroatoms. The van der Waals surface area contributed by atoms with Crippen molar-refractivity contribution in [2.45, 2.75) is 39.0 Å². The number of likely N-dealkylation sites (tertiary alicyclic amines) is 1. The molecule has 2 rings (SSSR count). The summed E-state index contributed by atoms with van der Waals surface area (Å²) in [6, 6.07) is 1.67. The third-order valence-electron chi connectivity index (χ3n) is 3.98. The molecule has 0 spiro atoms. The second-order valence-corrected chi connectivity index (χ2v) is 5.49. The molecule has 0 aliphatic carbocycles. The third kappa shape index (κ3) is 4.24. The Morgan fingerprint density at radius 3 is 2.86 bits per heavy atom. The molecule has 1 atom stereocenters. The van der Waals surface area contributed by atoms with Crippen molar-refractivity contribution in [3.63, 3.8) is 0 Å². The van der Waals surface area contributed by atoms with E-state index in [-0.39, 0.29) is 11.6 Å². The molecule has 2 amide bonds. The molecule has 21 heavy (non-hydrogen) atoms. The van der Waals surface area contributed by atoms with E-state index in [4.69, 9.17) is 5.73 Å². The van der Waals surface area contributed by atoms with E-state index in [0.717, 1.165) is 44.5 Å². The van der Waals surface area contributed by atoms with Crippen molar-refractivity contribution in [3.8, 4) is 0 Å². The van der Waals surface area contributed by atoms with Crippen molar-refractivity contribution >= 4 is 11.8 Å². The number of hydrogen-bond donors (Lipinski definition) is 1. The minimum atomic E-state index is -0.528. The lowest BCUT2D eigenvalue weighted by Crippen LogP contribution is -2.31. The molecule has 1 fully saturated rings. The smallest absolute Gasteiger partial charge is 0.267 e. The van der Waals surface area contributed by atoms with Crippen molar-refractivity contribution in [2.24, 2.45) is 11.7 Å². The number of primary amides is 1. The van der Waals surface area contributed by atoms with Gasteiger partial charge < -0.3 is 10.6 Å². The molecule has 0 bridgehead atoms. The van der Waals surface area contributed by atoms with Gasteiger partial charge in [0, 0.05) is 25.2 Å². The molecule has 1 aromatic heterocycles. The summed E-state index contributed by atoms with van der Waals surface area (Å²) >= 11 is 0. The molecule has 2 heterocycles. The number of carbonyl (C=O) groups excluding carboxylic acids is 2. The summed E-state index contributed by atoms with van der Waals surface area (Å²) in [6.45, 7) is 3.56. The van der Waals surface area contributed by atoms with Crippen molar-refractivity contribution in [3.05, 3.63) is 23.8 Å². The second kappa shape index (κ2) is 7.15. The van der Waals surface area contributed by atoms with E-state index in [1.165, 1.54) is 6.33 Å². The van der Waals surface area contributed by atoms with E-state index in [2.05, 4.69) is 9.97 Å². The van der Waals surface area contributed by atoms with Gasteiger partial charge in [-0.2, -0.15) is 0 Å². The van der Waals surface area contributed by atoms with Gasteiger partial charge in [0.2, 0.25) is 5.91 Å². The maximum Gasteiger partial charge on any atom is 0.267 e. The second-order valence-electron chi connectivity index (χ2n) is 5.49. The minimum absolute atomic E-state index is 0.230. The number of carbonyl (C=O) groups is 2. The molecule has 0 radical (unpaired) electrons. The Morgan fingerprint density at radius 1 is 1.33 bits per heavy atom. The van der Waals surface area contributed by atoms with Crippen LogP contribution in [0.5, 0.6) is 0 Å². The van der Waals surface area contributed by atoms with E-state index in [1.54, 1.807) is 6.07 Å². The first-order chi connectivity index (χ1) is 10.1. The molecule has 1 aromatic rings. The quantitative estimate of drug-likeness (QED) is 0.901. The fourth-order valence-corrected chi connectivity index (χ4v) is 2.78. The lowest BCUT2D eigenvalue weighted by molar-refractivity contribution is -0.130. The van der Waals surface area contributed by atoms with Gasteiger partial charge in [0.25, 0.3) is 5.91 Å². The topological polar surface area (TPSA) is 89.2 Å². The number of rotatable bonds is 4. The summed E-state index contributed by atoms with van der Waals surface area (Å²) in [6.07, 6.45) is 5.82. The highest BCUT2D eigenvalue weighted by Crippen LogP contribution is 2.21. The predicted octanol–water partition coefficient (Wildman–Crippen LogP) is 1.16. The summed E-state index contributed by atoms with van der Waals surface area (Å²) in [7, 11) is 0. The first-order valence-corrected chi connectivity index (χ1v) is 7.48. The molecule has 1 aliphatic rings. The highest BCUT2D eigenvalue weighted by molar-refractivity contribution is 5.90. The molecule has 0 aromatic carbocycles. The zero-order chi connectivity index (χ0) is 15.2. The van der Waals surface area contributed by atoms with Crippen LogP contribution in [0, 0.1) is 5.92 Å². The molecule has 0 unspecified atom stereocenters. The standard InChI is InChI=1S/C15H22N4O2/c1-2-14(20)19-6-3-4-11(5-7-19)8-12-9-13(15(16)21)18-10-17-12/h9-11H,2-8H2,1H3,(H2,16,21)/t11-/m1/s1. The largest absolute Gasteiger partial charge is 0.364 e. The molecule has 1 aliphatic heterocycles. The summed E-state index contributed by atoms with van der Waals surface area (Å²) in [5, 5.41) is 0. The number of nitrogens with zero attached hydrogens (tertiary/aromatic N) is 3. The van der Waals surface area contributed by atoms with E-state index >= 15 is 0 Å².